The molecule has 30 heavy (non-hydrogen) atoms. The highest BCUT2D eigenvalue weighted by Gasteiger charge is 2.29. The largest absolute Gasteiger partial charge is 0.339 e. The van der Waals surface area contributed by atoms with Crippen molar-refractivity contribution in [3.63, 3.8) is 0 Å². The highest BCUT2D eigenvalue weighted by atomic mass is 35.5. The summed E-state index contributed by atoms with van der Waals surface area (Å²) in [5.74, 6) is 0.827. The second-order valence-corrected chi connectivity index (χ2v) is 7.75. The molecule has 2 aromatic carbocycles. The van der Waals surface area contributed by atoms with Crippen molar-refractivity contribution in [2.24, 2.45) is 0 Å². The van der Waals surface area contributed by atoms with Crippen LogP contribution in [-0.2, 0) is 4.79 Å². The quantitative estimate of drug-likeness (QED) is 0.671. The van der Waals surface area contributed by atoms with Gasteiger partial charge in [0.1, 0.15) is 0 Å². The number of piperidine rings is 1. The van der Waals surface area contributed by atoms with E-state index in [-0.39, 0.29) is 17.7 Å². The molecule has 1 fully saturated rings. The Balaban J connectivity index is 1.46. The monoisotopic (exact) mass is 424 g/mol. The molecule has 0 radical (unpaired) electrons. The van der Waals surface area contributed by atoms with Gasteiger partial charge in [-0.2, -0.15) is 4.98 Å². The molecular weight excluding hydrogens is 404 g/mol. The van der Waals surface area contributed by atoms with E-state index in [9.17, 15) is 9.59 Å². The van der Waals surface area contributed by atoms with Gasteiger partial charge in [-0.3, -0.25) is 9.59 Å². The Kier molecular flexibility index (Phi) is 5.81. The highest BCUT2D eigenvalue weighted by molar-refractivity contribution is 6.30. The number of anilines is 1. The summed E-state index contributed by atoms with van der Waals surface area (Å²) < 4.78 is 5.52. The minimum absolute atomic E-state index is 0.0122. The molecule has 0 aliphatic carbocycles. The number of carbonyl (C=O) groups excluding carboxylic acids is 2. The Bertz CT molecular complexity index is 1060. The minimum Gasteiger partial charge on any atom is -0.339 e. The van der Waals surface area contributed by atoms with Crippen LogP contribution in [0.2, 0.25) is 5.02 Å². The highest BCUT2D eigenvalue weighted by Crippen LogP contribution is 2.29. The average Bonchev–Trinajstić information content (AvgIpc) is 3.24. The van der Waals surface area contributed by atoms with Gasteiger partial charge in [-0.25, -0.2) is 0 Å². The van der Waals surface area contributed by atoms with Crippen molar-refractivity contribution in [2.75, 3.05) is 18.4 Å². The Labute approximate surface area is 179 Å². The van der Waals surface area contributed by atoms with E-state index in [1.165, 1.54) is 6.92 Å². The third-order valence-electron chi connectivity index (χ3n) is 5.03. The number of nitrogens with zero attached hydrogens (tertiary/aromatic N) is 3. The third-order valence-corrected chi connectivity index (χ3v) is 5.27. The number of nitrogens with one attached hydrogen (secondary N) is 1. The van der Waals surface area contributed by atoms with Crippen LogP contribution in [0.25, 0.3) is 11.4 Å². The lowest BCUT2D eigenvalue weighted by Gasteiger charge is -2.31. The van der Waals surface area contributed by atoms with Crippen LogP contribution in [-0.4, -0.2) is 39.9 Å². The van der Waals surface area contributed by atoms with E-state index in [2.05, 4.69) is 15.5 Å². The summed E-state index contributed by atoms with van der Waals surface area (Å²) in [7, 11) is 0. The fourth-order valence-electron chi connectivity index (χ4n) is 3.59. The molecule has 0 unspecified atom stereocenters. The van der Waals surface area contributed by atoms with Crippen LogP contribution in [0.1, 0.15) is 41.9 Å². The molecule has 1 aliphatic rings. The van der Waals surface area contributed by atoms with Crippen LogP contribution in [0.15, 0.2) is 53.1 Å². The van der Waals surface area contributed by atoms with Crippen molar-refractivity contribution in [3.05, 3.63) is 65.0 Å². The van der Waals surface area contributed by atoms with Crippen molar-refractivity contribution >= 4 is 29.1 Å². The van der Waals surface area contributed by atoms with Crippen molar-refractivity contribution in [1.29, 1.82) is 0 Å². The Morgan fingerprint density at radius 3 is 2.73 bits per heavy atom. The Morgan fingerprint density at radius 2 is 2.00 bits per heavy atom. The molecule has 1 aromatic heterocycles. The molecule has 0 spiro atoms. The number of hydrogen-bond donors (Lipinski definition) is 1. The van der Waals surface area contributed by atoms with Gasteiger partial charge in [0.2, 0.25) is 17.6 Å². The lowest BCUT2D eigenvalue weighted by Crippen LogP contribution is -2.39. The van der Waals surface area contributed by atoms with Gasteiger partial charge in [-0.05, 0) is 55.3 Å². The van der Waals surface area contributed by atoms with Crippen LogP contribution in [0.4, 0.5) is 5.69 Å². The van der Waals surface area contributed by atoms with Crippen molar-refractivity contribution in [2.45, 2.75) is 25.7 Å². The van der Waals surface area contributed by atoms with E-state index in [0.29, 0.717) is 41.1 Å². The van der Waals surface area contributed by atoms with E-state index in [1.54, 1.807) is 36.4 Å². The number of halogens is 1. The molecular formula is C22H21ClN4O3. The summed E-state index contributed by atoms with van der Waals surface area (Å²) in [5.41, 5.74) is 2.08. The number of aromatic nitrogens is 2. The minimum atomic E-state index is -0.126. The molecule has 1 saturated heterocycles. The third kappa shape index (κ3) is 4.52. The van der Waals surface area contributed by atoms with Crippen LogP contribution in [0.3, 0.4) is 0 Å². The van der Waals surface area contributed by atoms with Gasteiger partial charge in [0.05, 0.1) is 5.92 Å². The maximum Gasteiger partial charge on any atom is 0.253 e. The van der Waals surface area contributed by atoms with Crippen molar-refractivity contribution < 1.29 is 14.1 Å². The fourth-order valence-corrected chi connectivity index (χ4v) is 3.78. The molecule has 0 bridgehead atoms. The van der Waals surface area contributed by atoms with Gasteiger partial charge in [0.25, 0.3) is 5.91 Å². The van der Waals surface area contributed by atoms with Gasteiger partial charge >= 0.3 is 0 Å². The van der Waals surface area contributed by atoms with E-state index >= 15 is 0 Å². The average molecular weight is 425 g/mol. The van der Waals surface area contributed by atoms with E-state index in [0.717, 1.165) is 18.4 Å². The number of benzene rings is 2. The summed E-state index contributed by atoms with van der Waals surface area (Å²) in [4.78, 5) is 30.3. The van der Waals surface area contributed by atoms with Crippen LogP contribution in [0.5, 0.6) is 0 Å². The lowest BCUT2D eigenvalue weighted by molar-refractivity contribution is -0.114. The number of amides is 2. The summed E-state index contributed by atoms with van der Waals surface area (Å²) >= 11 is 6.02. The molecule has 4 rings (SSSR count). The molecule has 1 atom stereocenters. The smallest absolute Gasteiger partial charge is 0.253 e. The topological polar surface area (TPSA) is 88.3 Å². The first kappa shape index (κ1) is 20.1. The zero-order valence-corrected chi connectivity index (χ0v) is 17.2. The lowest BCUT2D eigenvalue weighted by atomic mass is 9.97. The van der Waals surface area contributed by atoms with E-state index < -0.39 is 0 Å². The molecule has 0 saturated carbocycles. The van der Waals surface area contributed by atoms with Crippen molar-refractivity contribution in [1.82, 2.24) is 15.0 Å². The van der Waals surface area contributed by atoms with Crippen LogP contribution >= 0.6 is 11.6 Å². The van der Waals surface area contributed by atoms with Crippen molar-refractivity contribution in [3.8, 4) is 11.4 Å². The van der Waals surface area contributed by atoms with Gasteiger partial charge in [0, 0.05) is 41.9 Å². The molecule has 3 aromatic rings. The second-order valence-electron chi connectivity index (χ2n) is 7.32. The SMILES string of the molecule is CC(=O)Nc1ccc(-c2noc([C@@H]3CCCN(C(=O)c4cccc(Cl)c4)C3)n2)cc1. The first-order valence-corrected chi connectivity index (χ1v) is 10.1. The molecule has 7 nitrogen and oxygen atoms in total. The first-order valence-electron chi connectivity index (χ1n) is 9.76. The predicted molar refractivity (Wildman–Crippen MR) is 113 cm³/mol. The zero-order valence-electron chi connectivity index (χ0n) is 16.5. The summed E-state index contributed by atoms with van der Waals surface area (Å²) in [5, 5.41) is 7.36. The van der Waals surface area contributed by atoms with Crippen LogP contribution in [0, 0.1) is 0 Å². The maximum absolute atomic E-state index is 12.8. The Morgan fingerprint density at radius 1 is 1.20 bits per heavy atom. The summed E-state index contributed by atoms with van der Waals surface area (Å²) in [6, 6.07) is 14.2. The number of hydrogen-bond acceptors (Lipinski definition) is 5. The molecule has 2 amide bonds. The Hall–Kier alpha value is -3.19. The molecule has 154 valence electrons. The van der Waals surface area contributed by atoms with Crippen LogP contribution < -0.4 is 5.32 Å². The van der Waals surface area contributed by atoms with Gasteiger partial charge < -0.3 is 14.7 Å². The summed E-state index contributed by atoms with van der Waals surface area (Å²) in [6.45, 7) is 2.67. The standard InChI is InChI=1S/C22H21ClN4O3/c1-14(28)24-19-9-7-15(8-10-19)20-25-21(30-26-20)17-5-3-11-27(13-17)22(29)16-4-2-6-18(23)12-16/h2,4,6-10,12,17H,3,5,11,13H2,1H3,(H,24,28)/t17-/m1/s1. The summed E-state index contributed by atoms with van der Waals surface area (Å²) in [6.07, 6.45) is 1.74. The number of carbonyl (C=O) groups is 2. The van der Waals surface area contributed by atoms with E-state index in [1.807, 2.05) is 17.0 Å². The zero-order chi connectivity index (χ0) is 21.1. The molecule has 2 heterocycles. The number of rotatable bonds is 4. The molecule has 8 heteroatoms. The molecule has 1 N–H and O–H groups in total. The second kappa shape index (κ2) is 8.67. The van der Waals surface area contributed by atoms with Gasteiger partial charge in [0.15, 0.2) is 0 Å². The fraction of sp³-hybridized carbons (Fsp3) is 0.273. The van der Waals surface area contributed by atoms with Gasteiger partial charge in [-0.15, -0.1) is 0 Å². The van der Waals surface area contributed by atoms with Gasteiger partial charge in [-0.1, -0.05) is 22.8 Å². The van der Waals surface area contributed by atoms with E-state index in [4.69, 9.17) is 16.1 Å². The predicted octanol–water partition coefficient (Wildman–Crippen LogP) is 4.37. The molecule has 1 aliphatic heterocycles. The maximum atomic E-state index is 12.8. The first-order chi connectivity index (χ1) is 14.5. The number of likely N-dealkylation sites (tertiary alicyclic amines) is 1. The normalized spacial score (nSPS) is 16.3.